The second-order valence-electron chi connectivity index (χ2n) is 3.11. The Hall–Kier alpha value is -0.830. The van der Waals surface area contributed by atoms with Crippen LogP contribution in [0.25, 0.3) is 0 Å². The minimum Gasteiger partial charge on any atom is -0.337 e. The first-order valence-electron chi connectivity index (χ1n) is 3.80. The molecular weight excluding hydrogens is 140 g/mol. The zero-order chi connectivity index (χ0) is 8.43. The molecule has 1 heterocycles. The maximum absolute atomic E-state index is 11.2. The van der Waals surface area contributed by atoms with Crippen LogP contribution in [0.5, 0.6) is 0 Å². The molecule has 3 nitrogen and oxygen atoms in total. The molecule has 1 atom stereocenters. The van der Waals surface area contributed by atoms with E-state index in [9.17, 15) is 4.79 Å². The monoisotopic (exact) mass is 154 g/mol. The van der Waals surface area contributed by atoms with Gasteiger partial charge in [-0.2, -0.15) is 0 Å². The topological polar surface area (TPSA) is 46.3 Å². The minimum atomic E-state index is -0.269. The Bertz CT molecular complexity index is 189. The van der Waals surface area contributed by atoms with E-state index in [1.165, 1.54) is 0 Å². The lowest BCUT2D eigenvalue weighted by Gasteiger charge is -2.15. The van der Waals surface area contributed by atoms with E-state index >= 15 is 0 Å². The van der Waals surface area contributed by atoms with Gasteiger partial charge in [-0.05, 0) is 13.3 Å². The average molecular weight is 154 g/mol. The summed E-state index contributed by atoms with van der Waals surface area (Å²) < 4.78 is 0. The number of hydrogen-bond donors (Lipinski definition) is 1. The summed E-state index contributed by atoms with van der Waals surface area (Å²) in [5, 5.41) is 0. The maximum Gasteiger partial charge on any atom is 0.239 e. The third-order valence-electron chi connectivity index (χ3n) is 1.80. The van der Waals surface area contributed by atoms with Gasteiger partial charge in [0.05, 0.1) is 6.04 Å². The molecule has 1 fully saturated rings. The summed E-state index contributed by atoms with van der Waals surface area (Å²) in [7, 11) is 0. The van der Waals surface area contributed by atoms with Gasteiger partial charge in [0.25, 0.3) is 0 Å². The van der Waals surface area contributed by atoms with E-state index in [1.54, 1.807) is 4.90 Å². The van der Waals surface area contributed by atoms with Crippen LogP contribution < -0.4 is 5.73 Å². The Labute approximate surface area is 66.9 Å². The normalized spacial score (nSPS) is 24.4. The highest BCUT2D eigenvalue weighted by Crippen LogP contribution is 2.09. The molecule has 2 N–H and O–H groups in total. The molecule has 1 aliphatic heterocycles. The van der Waals surface area contributed by atoms with Crippen LogP contribution in [0.3, 0.4) is 0 Å². The minimum absolute atomic E-state index is 0.0630. The van der Waals surface area contributed by atoms with Gasteiger partial charge in [-0.3, -0.25) is 4.79 Å². The van der Waals surface area contributed by atoms with E-state index in [1.807, 2.05) is 6.92 Å². The predicted molar refractivity (Wildman–Crippen MR) is 44.0 cm³/mol. The fourth-order valence-corrected chi connectivity index (χ4v) is 1.25. The summed E-state index contributed by atoms with van der Waals surface area (Å²) in [6.07, 6.45) is 0.784. The Morgan fingerprint density at radius 2 is 2.55 bits per heavy atom. The van der Waals surface area contributed by atoms with Crippen LogP contribution in [0.15, 0.2) is 12.2 Å². The quantitative estimate of drug-likeness (QED) is 0.574. The second-order valence-corrected chi connectivity index (χ2v) is 3.11. The van der Waals surface area contributed by atoms with E-state index in [0.717, 1.165) is 18.5 Å². The van der Waals surface area contributed by atoms with Crippen LogP contribution >= 0.6 is 0 Å². The second kappa shape index (κ2) is 3.05. The zero-order valence-electron chi connectivity index (χ0n) is 6.84. The first-order chi connectivity index (χ1) is 5.11. The zero-order valence-corrected chi connectivity index (χ0v) is 6.84. The number of rotatable bonds is 2. The highest BCUT2D eigenvalue weighted by atomic mass is 16.2. The first kappa shape index (κ1) is 8.27. The average Bonchev–Trinajstić information content (AvgIpc) is 2.18. The summed E-state index contributed by atoms with van der Waals surface area (Å²) in [6, 6.07) is -0.269. The highest BCUT2D eigenvalue weighted by molar-refractivity contribution is 5.83. The number of carbonyl (C=O) groups is 1. The van der Waals surface area contributed by atoms with Crippen LogP contribution in [0.1, 0.15) is 13.3 Å². The van der Waals surface area contributed by atoms with Crippen molar-refractivity contribution in [2.24, 2.45) is 5.73 Å². The van der Waals surface area contributed by atoms with Gasteiger partial charge in [0.1, 0.15) is 0 Å². The molecule has 0 saturated carbocycles. The standard InChI is InChI=1S/C8H14N2O/c1-6(2)5-10-4-3-7(9)8(10)11/h7H,1,3-5,9H2,2H3. The molecule has 0 spiro atoms. The lowest BCUT2D eigenvalue weighted by atomic mass is 10.3. The lowest BCUT2D eigenvalue weighted by Crippen LogP contribution is -2.34. The third-order valence-corrected chi connectivity index (χ3v) is 1.80. The van der Waals surface area contributed by atoms with Gasteiger partial charge in [-0.15, -0.1) is 0 Å². The molecular formula is C8H14N2O. The number of carbonyl (C=O) groups excluding carboxylic acids is 1. The number of hydrogen-bond acceptors (Lipinski definition) is 2. The van der Waals surface area contributed by atoms with Crippen molar-refractivity contribution in [1.29, 1.82) is 0 Å². The van der Waals surface area contributed by atoms with Gasteiger partial charge in [0.15, 0.2) is 0 Å². The van der Waals surface area contributed by atoms with Gasteiger partial charge in [-0.25, -0.2) is 0 Å². The van der Waals surface area contributed by atoms with E-state index in [2.05, 4.69) is 6.58 Å². The van der Waals surface area contributed by atoms with Gasteiger partial charge >= 0.3 is 0 Å². The van der Waals surface area contributed by atoms with Gasteiger partial charge in [0, 0.05) is 13.1 Å². The summed E-state index contributed by atoms with van der Waals surface area (Å²) in [5.41, 5.74) is 6.53. The molecule has 1 amide bonds. The van der Waals surface area contributed by atoms with E-state index in [0.29, 0.717) is 6.54 Å². The van der Waals surface area contributed by atoms with Crippen LogP contribution in [0.2, 0.25) is 0 Å². The van der Waals surface area contributed by atoms with Crippen molar-refractivity contribution < 1.29 is 4.79 Å². The smallest absolute Gasteiger partial charge is 0.239 e. The van der Waals surface area contributed by atoms with E-state index in [4.69, 9.17) is 5.73 Å². The Kier molecular flexibility index (Phi) is 2.29. The van der Waals surface area contributed by atoms with Crippen molar-refractivity contribution in [2.45, 2.75) is 19.4 Å². The van der Waals surface area contributed by atoms with Crippen molar-refractivity contribution >= 4 is 5.91 Å². The van der Waals surface area contributed by atoms with Gasteiger partial charge < -0.3 is 10.6 Å². The van der Waals surface area contributed by atoms with Crippen LogP contribution in [0, 0.1) is 0 Å². The largest absolute Gasteiger partial charge is 0.337 e. The number of nitrogens with two attached hydrogens (primary N) is 1. The fraction of sp³-hybridized carbons (Fsp3) is 0.625. The van der Waals surface area contributed by atoms with Gasteiger partial charge in [0.2, 0.25) is 5.91 Å². The van der Waals surface area contributed by atoms with E-state index in [-0.39, 0.29) is 11.9 Å². The van der Waals surface area contributed by atoms with Crippen LogP contribution in [0.4, 0.5) is 0 Å². The van der Waals surface area contributed by atoms with Crippen LogP contribution in [-0.2, 0) is 4.79 Å². The van der Waals surface area contributed by atoms with Crippen molar-refractivity contribution in [3.8, 4) is 0 Å². The molecule has 1 unspecified atom stereocenters. The van der Waals surface area contributed by atoms with Crippen molar-refractivity contribution in [3.63, 3.8) is 0 Å². The maximum atomic E-state index is 11.2. The molecule has 1 aliphatic rings. The molecule has 62 valence electrons. The molecule has 1 saturated heterocycles. The van der Waals surface area contributed by atoms with E-state index < -0.39 is 0 Å². The fourth-order valence-electron chi connectivity index (χ4n) is 1.25. The van der Waals surface area contributed by atoms with Crippen molar-refractivity contribution in [1.82, 2.24) is 4.90 Å². The molecule has 0 radical (unpaired) electrons. The molecule has 0 aromatic carbocycles. The number of amides is 1. The number of likely N-dealkylation sites (tertiary alicyclic amines) is 1. The molecule has 0 aromatic rings. The summed E-state index contributed by atoms with van der Waals surface area (Å²) >= 11 is 0. The molecule has 0 aromatic heterocycles. The van der Waals surface area contributed by atoms with Crippen molar-refractivity contribution in [3.05, 3.63) is 12.2 Å². The summed E-state index contributed by atoms with van der Waals surface area (Å²) in [5.74, 6) is 0.0630. The lowest BCUT2D eigenvalue weighted by molar-refractivity contribution is -0.128. The summed E-state index contributed by atoms with van der Waals surface area (Å²) in [4.78, 5) is 13.0. The van der Waals surface area contributed by atoms with Gasteiger partial charge in [-0.1, -0.05) is 12.2 Å². The Morgan fingerprint density at radius 1 is 1.91 bits per heavy atom. The Balaban J connectivity index is 2.49. The molecule has 11 heavy (non-hydrogen) atoms. The Morgan fingerprint density at radius 3 is 2.91 bits per heavy atom. The molecule has 0 aliphatic carbocycles. The van der Waals surface area contributed by atoms with Crippen molar-refractivity contribution in [2.75, 3.05) is 13.1 Å². The molecule has 1 rings (SSSR count). The highest BCUT2D eigenvalue weighted by Gasteiger charge is 2.27. The summed E-state index contributed by atoms with van der Waals surface area (Å²) in [6.45, 7) is 7.10. The SMILES string of the molecule is C=C(C)CN1CCC(N)C1=O. The third kappa shape index (κ3) is 1.80. The predicted octanol–water partition coefficient (Wildman–Crippen LogP) is 0.122. The number of nitrogens with zero attached hydrogens (tertiary/aromatic N) is 1. The molecule has 0 bridgehead atoms. The molecule has 3 heteroatoms. The van der Waals surface area contributed by atoms with Crippen LogP contribution in [-0.4, -0.2) is 29.9 Å². The first-order valence-corrected chi connectivity index (χ1v) is 3.80.